The standard InChI is InChI=1S/C25H29N3O5/c1-17-22(26-24(33-17)21-9-8-20(31-3)15-23(21)32-4)16-27-10-12-28(13-11-27)25(29)18-6-5-7-19(14-18)30-2/h5-9,14-15H,10-13,16H2,1-4H3. The zero-order chi connectivity index (χ0) is 23.4. The van der Waals surface area contributed by atoms with Crippen LogP contribution in [0.1, 0.15) is 21.8 Å². The van der Waals surface area contributed by atoms with Gasteiger partial charge in [-0.3, -0.25) is 9.69 Å². The number of rotatable bonds is 7. The van der Waals surface area contributed by atoms with E-state index in [1.165, 1.54) is 0 Å². The maximum atomic E-state index is 12.9. The Labute approximate surface area is 193 Å². The van der Waals surface area contributed by atoms with E-state index in [9.17, 15) is 4.79 Å². The zero-order valence-electron chi connectivity index (χ0n) is 19.5. The van der Waals surface area contributed by atoms with Crippen molar-refractivity contribution in [1.29, 1.82) is 0 Å². The lowest BCUT2D eigenvalue weighted by Crippen LogP contribution is -2.48. The van der Waals surface area contributed by atoms with E-state index in [-0.39, 0.29) is 5.91 Å². The van der Waals surface area contributed by atoms with Crippen LogP contribution in [0.5, 0.6) is 17.2 Å². The van der Waals surface area contributed by atoms with Gasteiger partial charge < -0.3 is 23.5 Å². The lowest BCUT2D eigenvalue weighted by Gasteiger charge is -2.34. The van der Waals surface area contributed by atoms with Gasteiger partial charge in [-0.2, -0.15) is 0 Å². The van der Waals surface area contributed by atoms with Crippen molar-refractivity contribution in [2.75, 3.05) is 47.5 Å². The predicted octanol–water partition coefficient (Wildman–Crippen LogP) is 3.63. The molecule has 1 aliphatic heterocycles. The molecule has 1 aromatic heterocycles. The van der Waals surface area contributed by atoms with Crippen molar-refractivity contribution in [1.82, 2.24) is 14.8 Å². The number of ether oxygens (including phenoxy) is 3. The van der Waals surface area contributed by atoms with E-state index in [1.807, 2.05) is 48.2 Å². The molecule has 0 radical (unpaired) electrons. The van der Waals surface area contributed by atoms with Gasteiger partial charge in [0.1, 0.15) is 23.0 Å². The average molecular weight is 452 g/mol. The highest BCUT2D eigenvalue weighted by atomic mass is 16.5. The Morgan fingerprint density at radius 1 is 0.970 bits per heavy atom. The Balaban J connectivity index is 1.40. The first kappa shape index (κ1) is 22.7. The molecule has 0 atom stereocenters. The molecule has 0 aliphatic carbocycles. The molecule has 1 fully saturated rings. The quantitative estimate of drug-likeness (QED) is 0.543. The second-order valence-electron chi connectivity index (χ2n) is 7.89. The lowest BCUT2D eigenvalue weighted by molar-refractivity contribution is 0.0626. The summed E-state index contributed by atoms with van der Waals surface area (Å²) in [6.45, 7) is 5.43. The number of carbonyl (C=O) groups is 1. The number of hydrogen-bond donors (Lipinski definition) is 0. The van der Waals surface area contributed by atoms with Gasteiger partial charge in [0.15, 0.2) is 0 Å². The summed E-state index contributed by atoms with van der Waals surface area (Å²) in [7, 11) is 4.83. The van der Waals surface area contributed by atoms with E-state index in [2.05, 4.69) is 4.90 Å². The predicted molar refractivity (Wildman–Crippen MR) is 124 cm³/mol. The van der Waals surface area contributed by atoms with Gasteiger partial charge in [0, 0.05) is 44.4 Å². The first-order chi connectivity index (χ1) is 16.0. The van der Waals surface area contributed by atoms with Crippen LogP contribution < -0.4 is 14.2 Å². The molecule has 8 heteroatoms. The smallest absolute Gasteiger partial charge is 0.254 e. The van der Waals surface area contributed by atoms with Crippen LogP contribution in [-0.2, 0) is 6.54 Å². The summed E-state index contributed by atoms with van der Waals surface area (Å²) in [6, 6.07) is 12.8. The molecule has 0 N–H and O–H groups in total. The number of methoxy groups -OCH3 is 3. The SMILES string of the molecule is COc1cccc(C(=O)N2CCN(Cc3nc(-c4ccc(OC)cc4OC)oc3C)CC2)c1. The third-order valence-electron chi connectivity index (χ3n) is 5.88. The second-order valence-corrected chi connectivity index (χ2v) is 7.89. The minimum absolute atomic E-state index is 0.0278. The number of aromatic nitrogens is 1. The Morgan fingerprint density at radius 3 is 2.39 bits per heavy atom. The van der Waals surface area contributed by atoms with Crippen LogP contribution in [0, 0.1) is 6.92 Å². The molecule has 0 spiro atoms. The molecule has 0 bridgehead atoms. The number of nitrogens with zero attached hydrogens (tertiary/aromatic N) is 3. The van der Waals surface area contributed by atoms with Gasteiger partial charge in [-0.15, -0.1) is 0 Å². The monoisotopic (exact) mass is 451 g/mol. The number of aryl methyl sites for hydroxylation is 1. The molecular formula is C25H29N3O5. The largest absolute Gasteiger partial charge is 0.497 e. The first-order valence-electron chi connectivity index (χ1n) is 10.9. The molecule has 3 aromatic rings. The van der Waals surface area contributed by atoms with Gasteiger partial charge in [-0.25, -0.2) is 4.98 Å². The Kier molecular flexibility index (Phi) is 6.84. The summed E-state index contributed by atoms with van der Waals surface area (Å²) >= 11 is 0. The van der Waals surface area contributed by atoms with E-state index in [1.54, 1.807) is 27.4 Å². The van der Waals surface area contributed by atoms with E-state index >= 15 is 0 Å². The number of carbonyl (C=O) groups excluding carboxylic acids is 1. The van der Waals surface area contributed by atoms with Crippen molar-refractivity contribution in [3.63, 3.8) is 0 Å². The summed E-state index contributed by atoms with van der Waals surface area (Å²) < 4.78 is 22.0. The zero-order valence-corrected chi connectivity index (χ0v) is 19.5. The van der Waals surface area contributed by atoms with Gasteiger partial charge in [0.25, 0.3) is 5.91 Å². The van der Waals surface area contributed by atoms with Crippen molar-refractivity contribution in [3.05, 3.63) is 59.5 Å². The lowest BCUT2D eigenvalue weighted by atomic mass is 10.1. The molecule has 174 valence electrons. The Hall–Kier alpha value is -3.52. The Morgan fingerprint density at radius 2 is 1.70 bits per heavy atom. The van der Waals surface area contributed by atoms with Crippen molar-refractivity contribution >= 4 is 5.91 Å². The highest BCUT2D eigenvalue weighted by Crippen LogP contribution is 2.34. The number of hydrogen-bond acceptors (Lipinski definition) is 7. The number of piperazine rings is 1. The normalized spacial score (nSPS) is 14.2. The van der Waals surface area contributed by atoms with E-state index < -0.39 is 0 Å². The van der Waals surface area contributed by atoms with Crippen LogP contribution in [0.2, 0.25) is 0 Å². The molecule has 0 unspecified atom stereocenters. The first-order valence-corrected chi connectivity index (χ1v) is 10.9. The summed E-state index contributed by atoms with van der Waals surface area (Å²) in [6.07, 6.45) is 0. The van der Waals surface area contributed by atoms with Crippen molar-refractivity contribution < 1.29 is 23.4 Å². The molecule has 0 saturated carbocycles. The van der Waals surface area contributed by atoms with Crippen LogP contribution in [0.15, 0.2) is 46.9 Å². The third-order valence-corrected chi connectivity index (χ3v) is 5.88. The van der Waals surface area contributed by atoms with E-state index in [0.29, 0.717) is 48.3 Å². The van der Waals surface area contributed by atoms with Crippen molar-refractivity contribution in [2.45, 2.75) is 13.5 Å². The minimum atomic E-state index is 0.0278. The number of amides is 1. The fourth-order valence-electron chi connectivity index (χ4n) is 3.92. The minimum Gasteiger partial charge on any atom is -0.497 e. The molecule has 1 aliphatic rings. The van der Waals surface area contributed by atoms with Crippen LogP contribution in [0.25, 0.3) is 11.5 Å². The molecular weight excluding hydrogens is 422 g/mol. The van der Waals surface area contributed by atoms with E-state index in [0.717, 1.165) is 30.1 Å². The summed E-state index contributed by atoms with van der Waals surface area (Å²) in [5.41, 5.74) is 2.31. The molecule has 1 amide bonds. The van der Waals surface area contributed by atoms with Crippen LogP contribution >= 0.6 is 0 Å². The molecule has 33 heavy (non-hydrogen) atoms. The van der Waals surface area contributed by atoms with Crippen LogP contribution in [0.4, 0.5) is 0 Å². The average Bonchev–Trinajstić information content (AvgIpc) is 3.23. The Bertz CT molecular complexity index is 1120. The highest BCUT2D eigenvalue weighted by molar-refractivity contribution is 5.94. The maximum absolute atomic E-state index is 12.9. The van der Waals surface area contributed by atoms with Crippen molar-refractivity contribution in [3.8, 4) is 28.7 Å². The van der Waals surface area contributed by atoms with Gasteiger partial charge in [-0.1, -0.05) is 6.07 Å². The fraction of sp³-hybridized carbons (Fsp3) is 0.360. The summed E-state index contributed by atoms with van der Waals surface area (Å²) in [5, 5.41) is 0. The van der Waals surface area contributed by atoms with E-state index in [4.69, 9.17) is 23.6 Å². The molecule has 4 rings (SSSR count). The van der Waals surface area contributed by atoms with Crippen molar-refractivity contribution in [2.24, 2.45) is 0 Å². The fourth-order valence-corrected chi connectivity index (χ4v) is 3.92. The van der Waals surface area contributed by atoms with Gasteiger partial charge >= 0.3 is 0 Å². The number of benzene rings is 2. The molecule has 2 aromatic carbocycles. The van der Waals surface area contributed by atoms with Crippen LogP contribution in [-0.4, -0.2) is 68.2 Å². The molecule has 2 heterocycles. The highest BCUT2D eigenvalue weighted by Gasteiger charge is 2.24. The summed E-state index contributed by atoms with van der Waals surface area (Å²) in [5.74, 6) is 3.37. The topological polar surface area (TPSA) is 77.3 Å². The van der Waals surface area contributed by atoms with Gasteiger partial charge in [0.05, 0.1) is 32.6 Å². The molecule has 1 saturated heterocycles. The summed E-state index contributed by atoms with van der Waals surface area (Å²) in [4.78, 5) is 21.8. The molecule has 8 nitrogen and oxygen atoms in total. The third kappa shape index (κ3) is 4.96. The van der Waals surface area contributed by atoms with Gasteiger partial charge in [0.2, 0.25) is 5.89 Å². The number of oxazole rings is 1. The van der Waals surface area contributed by atoms with Crippen LogP contribution in [0.3, 0.4) is 0 Å². The van der Waals surface area contributed by atoms with Gasteiger partial charge in [-0.05, 0) is 37.3 Å². The second kappa shape index (κ2) is 9.95. The maximum Gasteiger partial charge on any atom is 0.254 e.